The van der Waals surface area contributed by atoms with E-state index in [1.807, 2.05) is 0 Å². The predicted octanol–water partition coefficient (Wildman–Crippen LogP) is 0.487. The highest BCUT2D eigenvalue weighted by Gasteiger charge is 2.23. The lowest BCUT2D eigenvalue weighted by Gasteiger charge is -2.26. The first kappa shape index (κ1) is 15.0. The van der Waals surface area contributed by atoms with E-state index < -0.39 is 6.04 Å². The van der Waals surface area contributed by atoms with Crippen LogP contribution in [0.25, 0.3) is 0 Å². The van der Waals surface area contributed by atoms with Crippen LogP contribution in [0.2, 0.25) is 0 Å². The maximum atomic E-state index is 11.8. The number of nitrogens with zero attached hydrogens (tertiary/aromatic N) is 1. The molecule has 0 saturated heterocycles. The number of carbonyl (C=O) groups is 2. The second-order valence-electron chi connectivity index (χ2n) is 5.52. The van der Waals surface area contributed by atoms with Crippen molar-refractivity contribution in [3.63, 3.8) is 0 Å². The monoisotopic (exact) mass is 255 g/mol. The minimum Gasteiger partial charge on any atom is -0.347 e. The van der Waals surface area contributed by atoms with E-state index in [0.29, 0.717) is 12.3 Å². The second-order valence-corrected chi connectivity index (χ2v) is 5.52. The van der Waals surface area contributed by atoms with Gasteiger partial charge in [-0.05, 0) is 32.1 Å². The maximum absolute atomic E-state index is 11.8. The molecule has 1 aliphatic rings. The molecule has 1 rings (SSSR count). The van der Waals surface area contributed by atoms with Crippen LogP contribution in [-0.4, -0.2) is 42.9 Å². The molecular formula is C13H25N3O2. The third kappa shape index (κ3) is 4.64. The zero-order chi connectivity index (χ0) is 13.7. The average molecular weight is 255 g/mol. The molecule has 3 atom stereocenters. The van der Waals surface area contributed by atoms with Crippen molar-refractivity contribution in [2.45, 2.75) is 51.1 Å². The standard InChI is InChI=1S/C13H25N3O2/c1-9(13(18)16(2)3)15-12(17)8-10-5-4-6-11(14)7-10/h9-11H,4-8,14H2,1-3H3,(H,15,17). The van der Waals surface area contributed by atoms with Crippen molar-refractivity contribution in [1.29, 1.82) is 0 Å². The lowest BCUT2D eigenvalue weighted by Crippen LogP contribution is -2.45. The smallest absolute Gasteiger partial charge is 0.244 e. The van der Waals surface area contributed by atoms with Crippen LogP contribution in [0.1, 0.15) is 39.0 Å². The Morgan fingerprint density at radius 3 is 2.61 bits per heavy atom. The summed E-state index contributed by atoms with van der Waals surface area (Å²) in [5.74, 6) is 0.246. The summed E-state index contributed by atoms with van der Waals surface area (Å²) >= 11 is 0. The van der Waals surface area contributed by atoms with Gasteiger partial charge >= 0.3 is 0 Å². The summed E-state index contributed by atoms with van der Waals surface area (Å²) in [7, 11) is 3.37. The normalized spacial score (nSPS) is 25.3. The molecule has 5 nitrogen and oxygen atoms in total. The average Bonchev–Trinajstić information content (AvgIpc) is 2.27. The molecular weight excluding hydrogens is 230 g/mol. The fourth-order valence-electron chi connectivity index (χ4n) is 2.53. The Balaban J connectivity index is 2.34. The Hall–Kier alpha value is -1.10. The molecule has 5 heteroatoms. The summed E-state index contributed by atoms with van der Waals surface area (Å²) in [6, 6.07) is -0.220. The molecule has 1 fully saturated rings. The van der Waals surface area contributed by atoms with Crippen molar-refractivity contribution < 1.29 is 9.59 Å². The molecule has 0 aromatic heterocycles. The van der Waals surface area contributed by atoms with Crippen LogP contribution in [-0.2, 0) is 9.59 Å². The van der Waals surface area contributed by atoms with Crippen molar-refractivity contribution in [3.8, 4) is 0 Å². The summed E-state index contributed by atoms with van der Waals surface area (Å²) in [6.07, 6.45) is 4.64. The number of likely N-dealkylation sites (N-methyl/N-ethyl adjacent to an activating group) is 1. The van der Waals surface area contributed by atoms with Gasteiger partial charge in [-0.1, -0.05) is 6.42 Å². The number of carbonyl (C=O) groups excluding carboxylic acids is 2. The van der Waals surface area contributed by atoms with Crippen LogP contribution >= 0.6 is 0 Å². The van der Waals surface area contributed by atoms with Gasteiger partial charge in [0.1, 0.15) is 6.04 Å². The quantitative estimate of drug-likeness (QED) is 0.767. The van der Waals surface area contributed by atoms with Crippen molar-refractivity contribution >= 4 is 11.8 Å². The third-order valence-electron chi connectivity index (χ3n) is 3.49. The zero-order valence-corrected chi connectivity index (χ0v) is 11.6. The maximum Gasteiger partial charge on any atom is 0.244 e. The van der Waals surface area contributed by atoms with Gasteiger partial charge in [0, 0.05) is 26.6 Å². The van der Waals surface area contributed by atoms with Gasteiger partial charge in [0.05, 0.1) is 0 Å². The number of hydrogen-bond acceptors (Lipinski definition) is 3. The highest BCUT2D eigenvalue weighted by molar-refractivity contribution is 5.87. The van der Waals surface area contributed by atoms with E-state index in [2.05, 4.69) is 5.32 Å². The van der Waals surface area contributed by atoms with E-state index in [4.69, 9.17) is 5.73 Å². The molecule has 0 bridgehead atoms. The van der Waals surface area contributed by atoms with Gasteiger partial charge in [0.2, 0.25) is 11.8 Å². The van der Waals surface area contributed by atoms with E-state index >= 15 is 0 Å². The molecule has 18 heavy (non-hydrogen) atoms. The highest BCUT2D eigenvalue weighted by atomic mass is 16.2. The number of nitrogens with two attached hydrogens (primary N) is 1. The van der Waals surface area contributed by atoms with Crippen molar-refractivity contribution in [2.24, 2.45) is 11.7 Å². The van der Waals surface area contributed by atoms with Crippen LogP contribution in [0.5, 0.6) is 0 Å². The van der Waals surface area contributed by atoms with Gasteiger partial charge in [-0.2, -0.15) is 0 Å². The van der Waals surface area contributed by atoms with Crippen molar-refractivity contribution in [3.05, 3.63) is 0 Å². The predicted molar refractivity (Wildman–Crippen MR) is 70.8 cm³/mol. The summed E-state index contributed by atoms with van der Waals surface area (Å²) in [6.45, 7) is 1.72. The summed E-state index contributed by atoms with van der Waals surface area (Å²) in [4.78, 5) is 24.9. The van der Waals surface area contributed by atoms with Gasteiger partial charge in [0.25, 0.3) is 0 Å². The van der Waals surface area contributed by atoms with Crippen LogP contribution in [0, 0.1) is 5.92 Å². The molecule has 0 aromatic carbocycles. The summed E-state index contributed by atoms with van der Waals surface area (Å²) in [5.41, 5.74) is 5.90. The first-order chi connectivity index (χ1) is 8.40. The second kappa shape index (κ2) is 6.73. The fraction of sp³-hybridized carbons (Fsp3) is 0.846. The lowest BCUT2D eigenvalue weighted by molar-refractivity contribution is -0.134. The van der Waals surface area contributed by atoms with Crippen LogP contribution < -0.4 is 11.1 Å². The fourth-order valence-corrected chi connectivity index (χ4v) is 2.53. The minimum absolute atomic E-state index is 0.0446. The molecule has 0 radical (unpaired) electrons. The Kier molecular flexibility index (Phi) is 5.59. The molecule has 1 aliphatic carbocycles. The molecule has 0 heterocycles. The molecule has 3 unspecified atom stereocenters. The Morgan fingerprint density at radius 1 is 1.39 bits per heavy atom. The van der Waals surface area contributed by atoms with E-state index in [0.717, 1.165) is 25.7 Å². The molecule has 3 N–H and O–H groups in total. The SMILES string of the molecule is CC(NC(=O)CC1CCCC(N)C1)C(=O)N(C)C. The highest BCUT2D eigenvalue weighted by Crippen LogP contribution is 2.25. The van der Waals surface area contributed by atoms with Gasteiger partial charge in [-0.25, -0.2) is 0 Å². The minimum atomic E-state index is -0.454. The number of amides is 2. The Labute approximate surface area is 109 Å². The molecule has 0 aromatic rings. The van der Waals surface area contributed by atoms with E-state index in [9.17, 15) is 9.59 Å². The largest absolute Gasteiger partial charge is 0.347 e. The van der Waals surface area contributed by atoms with Crippen LogP contribution in [0.15, 0.2) is 0 Å². The lowest BCUT2D eigenvalue weighted by atomic mass is 9.84. The van der Waals surface area contributed by atoms with Crippen LogP contribution in [0.4, 0.5) is 0 Å². The summed E-state index contributed by atoms with van der Waals surface area (Å²) in [5, 5.41) is 2.75. The Bertz CT molecular complexity index is 305. The summed E-state index contributed by atoms with van der Waals surface area (Å²) < 4.78 is 0. The number of hydrogen-bond donors (Lipinski definition) is 2. The molecule has 0 aliphatic heterocycles. The van der Waals surface area contributed by atoms with Gasteiger partial charge < -0.3 is 16.0 Å². The van der Waals surface area contributed by atoms with E-state index in [1.54, 1.807) is 21.0 Å². The third-order valence-corrected chi connectivity index (χ3v) is 3.49. The van der Waals surface area contributed by atoms with E-state index in [1.165, 1.54) is 4.90 Å². The van der Waals surface area contributed by atoms with Gasteiger partial charge in [-0.15, -0.1) is 0 Å². The molecule has 2 amide bonds. The molecule has 1 saturated carbocycles. The van der Waals surface area contributed by atoms with Crippen molar-refractivity contribution in [1.82, 2.24) is 10.2 Å². The topological polar surface area (TPSA) is 75.4 Å². The van der Waals surface area contributed by atoms with E-state index in [-0.39, 0.29) is 17.9 Å². The first-order valence-corrected chi connectivity index (χ1v) is 6.66. The van der Waals surface area contributed by atoms with Gasteiger partial charge in [-0.3, -0.25) is 9.59 Å². The molecule has 104 valence electrons. The Morgan fingerprint density at radius 2 is 2.06 bits per heavy atom. The van der Waals surface area contributed by atoms with Gasteiger partial charge in [0.15, 0.2) is 0 Å². The first-order valence-electron chi connectivity index (χ1n) is 6.66. The number of rotatable bonds is 4. The van der Waals surface area contributed by atoms with Crippen LogP contribution in [0.3, 0.4) is 0 Å². The molecule has 0 spiro atoms. The zero-order valence-electron chi connectivity index (χ0n) is 11.6. The number of nitrogens with one attached hydrogen (secondary N) is 1. The van der Waals surface area contributed by atoms with Crippen molar-refractivity contribution in [2.75, 3.05) is 14.1 Å².